The number of amides is 1. The van der Waals surface area contributed by atoms with E-state index in [1.54, 1.807) is 11.0 Å². The summed E-state index contributed by atoms with van der Waals surface area (Å²) in [5.41, 5.74) is 7.44. The molecule has 0 radical (unpaired) electrons. The number of hydrogen-bond donors (Lipinski definition) is 1. The highest BCUT2D eigenvalue weighted by Gasteiger charge is 2.40. The van der Waals surface area contributed by atoms with Crippen molar-refractivity contribution >= 4 is 5.91 Å². The Bertz CT molecular complexity index is 536. The predicted molar refractivity (Wildman–Crippen MR) is 82.3 cm³/mol. The molecule has 1 amide bonds. The Morgan fingerprint density at radius 3 is 2.62 bits per heavy atom. The Morgan fingerprint density at radius 1 is 1.33 bits per heavy atom. The molecule has 4 heteroatoms. The van der Waals surface area contributed by atoms with Gasteiger partial charge in [0.05, 0.1) is 6.04 Å². The van der Waals surface area contributed by atoms with Crippen LogP contribution in [0.15, 0.2) is 18.2 Å². The van der Waals surface area contributed by atoms with Crippen LogP contribution in [0.1, 0.15) is 57.2 Å². The smallest absolute Gasteiger partial charge is 0.223 e. The second-order valence-corrected chi connectivity index (χ2v) is 6.96. The third-order valence-corrected chi connectivity index (χ3v) is 4.07. The summed E-state index contributed by atoms with van der Waals surface area (Å²) in [6, 6.07) is 4.38. The van der Waals surface area contributed by atoms with Crippen molar-refractivity contribution in [1.29, 1.82) is 0 Å². The van der Waals surface area contributed by atoms with E-state index in [1.807, 2.05) is 33.8 Å². The highest BCUT2D eigenvalue weighted by Crippen LogP contribution is 2.36. The van der Waals surface area contributed by atoms with Gasteiger partial charge < -0.3 is 10.6 Å². The number of likely N-dealkylation sites (tertiary alicyclic amines) is 1. The maximum Gasteiger partial charge on any atom is 0.223 e. The van der Waals surface area contributed by atoms with E-state index in [0.717, 1.165) is 18.4 Å². The van der Waals surface area contributed by atoms with Crippen molar-refractivity contribution in [2.45, 2.75) is 64.6 Å². The van der Waals surface area contributed by atoms with Crippen LogP contribution in [0.5, 0.6) is 0 Å². The number of nitrogens with zero attached hydrogens (tertiary/aromatic N) is 1. The Hall–Kier alpha value is -1.42. The minimum Gasteiger partial charge on any atom is -0.329 e. The first-order chi connectivity index (χ1) is 9.71. The molecule has 2 unspecified atom stereocenters. The monoisotopic (exact) mass is 292 g/mol. The third kappa shape index (κ3) is 3.26. The SMILES string of the molecule is Cc1ccc(F)c(C2C(N)CCCC(=O)N2C(C)(C)C)c1. The van der Waals surface area contributed by atoms with Crippen molar-refractivity contribution in [1.82, 2.24) is 4.90 Å². The minimum absolute atomic E-state index is 0.0568. The molecular formula is C17H25FN2O. The van der Waals surface area contributed by atoms with Crippen molar-refractivity contribution in [2.75, 3.05) is 0 Å². The molecule has 1 aliphatic heterocycles. The van der Waals surface area contributed by atoms with E-state index >= 15 is 0 Å². The van der Waals surface area contributed by atoms with Crippen LogP contribution in [-0.4, -0.2) is 22.4 Å². The topological polar surface area (TPSA) is 46.3 Å². The molecule has 2 rings (SSSR count). The molecule has 1 saturated heterocycles. The summed E-state index contributed by atoms with van der Waals surface area (Å²) in [6.45, 7) is 7.85. The lowest BCUT2D eigenvalue weighted by molar-refractivity contribution is -0.139. The molecule has 0 saturated carbocycles. The van der Waals surface area contributed by atoms with Crippen LogP contribution >= 0.6 is 0 Å². The Kier molecular flexibility index (Phi) is 4.38. The number of carbonyl (C=O) groups excluding carboxylic acids is 1. The Balaban J connectivity index is 2.57. The summed E-state index contributed by atoms with van der Waals surface area (Å²) in [4.78, 5) is 14.3. The van der Waals surface area contributed by atoms with Gasteiger partial charge in [-0.3, -0.25) is 4.79 Å². The van der Waals surface area contributed by atoms with Crippen molar-refractivity contribution in [3.05, 3.63) is 35.1 Å². The number of rotatable bonds is 1. The number of carbonyl (C=O) groups is 1. The highest BCUT2D eigenvalue weighted by atomic mass is 19.1. The first-order valence-electron chi connectivity index (χ1n) is 7.55. The maximum absolute atomic E-state index is 14.4. The van der Waals surface area contributed by atoms with Crippen molar-refractivity contribution in [3.8, 4) is 0 Å². The molecule has 1 fully saturated rings. The van der Waals surface area contributed by atoms with Gasteiger partial charge in [0.25, 0.3) is 0 Å². The van der Waals surface area contributed by atoms with E-state index in [0.29, 0.717) is 12.0 Å². The van der Waals surface area contributed by atoms with Gasteiger partial charge in [-0.15, -0.1) is 0 Å². The summed E-state index contributed by atoms with van der Waals surface area (Å²) < 4.78 is 14.4. The predicted octanol–water partition coefficient (Wildman–Crippen LogP) is 3.31. The fourth-order valence-corrected chi connectivity index (χ4v) is 3.16. The average molecular weight is 292 g/mol. The molecule has 0 bridgehead atoms. The van der Waals surface area contributed by atoms with Crippen LogP contribution < -0.4 is 5.73 Å². The van der Waals surface area contributed by atoms with Gasteiger partial charge in [-0.2, -0.15) is 0 Å². The quantitative estimate of drug-likeness (QED) is 0.863. The van der Waals surface area contributed by atoms with E-state index < -0.39 is 6.04 Å². The number of benzene rings is 1. The molecule has 2 atom stereocenters. The van der Waals surface area contributed by atoms with Gasteiger partial charge in [-0.05, 0) is 46.6 Å². The molecule has 116 valence electrons. The highest BCUT2D eigenvalue weighted by molar-refractivity contribution is 5.78. The van der Waals surface area contributed by atoms with E-state index in [-0.39, 0.29) is 23.3 Å². The fourth-order valence-electron chi connectivity index (χ4n) is 3.16. The minimum atomic E-state index is -0.403. The van der Waals surface area contributed by atoms with Crippen LogP contribution in [0, 0.1) is 12.7 Å². The molecule has 3 nitrogen and oxygen atoms in total. The standard InChI is InChI=1S/C17H25FN2O/c1-11-8-9-13(18)12(10-11)16-14(19)6-5-7-15(21)20(16)17(2,3)4/h8-10,14,16H,5-7,19H2,1-4H3. The molecule has 1 aromatic rings. The summed E-state index contributed by atoms with van der Waals surface area (Å²) in [6.07, 6.45) is 1.97. The van der Waals surface area contributed by atoms with Gasteiger partial charge in [-0.1, -0.05) is 17.7 Å². The van der Waals surface area contributed by atoms with Gasteiger partial charge in [0, 0.05) is 23.6 Å². The van der Waals surface area contributed by atoms with Crippen LogP contribution in [0.4, 0.5) is 4.39 Å². The molecule has 2 N–H and O–H groups in total. The molecule has 1 heterocycles. The van der Waals surface area contributed by atoms with Gasteiger partial charge in [-0.25, -0.2) is 4.39 Å². The van der Waals surface area contributed by atoms with Crippen LogP contribution in [-0.2, 0) is 4.79 Å². The molecule has 1 aliphatic rings. The average Bonchev–Trinajstić information content (AvgIpc) is 2.51. The Labute approximate surface area is 126 Å². The van der Waals surface area contributed by atoms with E-state index in [9.17, 15) is 9.18 Å². The normalized spacial score (nSPS) is 24.1. The number of nitrogens with two attached hydrogens (primary N) is 1. The van der Waals surface area contributed by atoms with Crippen LogP contribution in [0.25, 0.3) is 0 Å². The second kappa shape index (κ2) is 5.76. The summed E-state index contributed by atoms with van der Waals surface area (Å²) in [5, 5.41) is 0. The fraction of sp³-hybridized carbons (Fsp3) is 0.588. The van der Waals surface area contributed by atoms with Gasteiger partial charge in [0.1, 0.15) is 5.82 Å². The molecule has 0 aromatic heterocycles. The van der Waals surface area contributed by atoms with Crippen molar-refractivity contribution in [2.24, 2.45) is 5.73 Å². The lowest BCUT2D eigenvalue weighted by Gasteiger charge is -2.43. The maximum atomic E-state index is 14.4. The first-order valence-corrected chi connectivity index (χ1v) is 7.55. The van der Waals surface area contributed by atoms with Gasteiger partial charge in [0.2, 0.25) is 5.91 Å². The molecular weight excluding hydrogens is 267 g/mol. The van der Waals surface area contributed by atoms with Gasteiger partial charge in [0.15, 0.2) is 0 Å². The van der Waals surface area contributed by atoms with Crippen LogP contribution in [0.2, 0.25) is 0 Å². The van der Waals surface area contributed by atoms with Gasteiger partial charge >= 0.3 is 0 Å². The molecule has 0 spiro atoms. The molecule has 0 aliphatic carbocycles. The number of aryl methyl sites for hydroxylation is 1. The molecule has 21 heavy (non-hydrogen) atoms. The van der Waals surface area contributed by atoms with Crippen LogP contribution in [0.3, 0.4) is 0 Å². The van der Waals surface area contributed by atoms with E-state index in [1.165, 1.54) is 6.07 Å². The third-order valence-electron chi connectivity index (χ3n) is 4.07. The number of halogens is 1. The summed E-state index contributed by atoms with van der Waals surface area (Å²) in [5.74, 6) is -0.230. The summed E-state index contributed by atoms with van der Waals surface area (Å²) in [7, 11) is 0. The Morgan fingerprint density at radius 2 is 2.00 bits per heavy atom. The zero-order valence-corrected chi connectivity index (χ0v) is 13.3. The first kappa shape index (κ1) is 16.0. The van der Waals surface area contributed by atoms with E-state index in [2.05, 4.69) is 0 Å². The zero-order valence-electron chi connectivity index (χ0n) is 13.3. The summed E-state index contributed by atoms with van der Waals surface area (Å²) >= 11 is 0. The lowest BCUT2D eigenvalue weighted by Crippen LogP contribution is -2.51. The molecule has 1 aromatic carbocycles. The number of hydrogen-bond acceptors (Lipinski definition) is 2. The zero-order chi connectivity index (χ0) is 15.8. The van der Waals surface area contributed by atoms with Crippen molar-refractivity contribution < 1.29 is 9.18 Å². The largest absolute Gasteiger partial charge is 0.329 e. The lowest BCUT2D eigenvalue weighted by atomic mass is 9.91. The van der Waals surface area contributed by atoms with E-state index in [4.69, 9.17) is 5.73 Å². The van der Waals surface area contributed by atoms with Crippen molar-refractivity contribution in [3.63, 3.8) is 0 Å². The second-order valence-electron chi connectivity index (χ2n) is 6.96.